The van der Waals surface area contributed by atoms with Crippen LogP contribution in [-0.2, 0) is 11.3 Å². The Hall–Kier alpha value is -1.32. The van der Waals surface area contributed by atoms with Crippen molar-refractivity contribution in [2.75, 3.05) is 0 Å². The van der Waals surface area contributed by atoms with Crippen molar-refractivity contribution in [3.63, 3.8) is 0 Å². The summed E-state index contributed by atoms with van der Waals surface area (Å²) in [5.41, 5.74) is 0. The summed E-state index contributed by atoms with van der Waals surface area (Å²) in [4.78, 5) is 14.1. The molecular formula is C10H18N2O2. The van der Waals surface area contributed by atoms with E-state index in [9.17, 15) is 4.79 Å². The summed E-state index contributed by atoms with van der Waals surface area (Å²) in [6.45, 7) is 6.60. The molecule has 1 aromatic heterocycles. The first-order valence-corrected chi connectivity index (χ1v) is 4.81. The Morgan fingerprint density at radius 2 is 2.14 bits per heavy atom. The molecule has 1 aromatic rings. The van der Waals surface area contributed by atoms with Gasteiger partial charge in [0.05, 0.1) is 6.42 Å². The van der Waals surface area contributed by atoms with Crippen LogP contribution in [-0.4, -0.2) is 20.6 Å². The lowest BCUT2D eigenvalue weighted by Crippen LogP contribution is -2.04. The van der Waals surface area contributed by atoms with Crippen LogP contribution in [0.5, 0.6) is 0 Å². The number of rotatable bonds is 3. The first-order valence-electron chi connectivity index (χ1n) is 4.81. The van der Waals surface area contributed by atoms with E-state index in [4.69, 9.17) is 5.11 Å². The molecule has 0 spiro atoms. The SMILES string of the molecule is CCC.Cc1nccn1CCC(=O)O. The predicted octanol–water partition coefficient (Wildman–Crippen LogP) is 2.08. The van der Waals surface area contributed by atoms with E-state index >= 15 is 0 Å². The molecule has 0 aliphatic rings. The van der Waals surface area contributed by atoms with E-state index in [2.05, 4.69) is 18.8 Å². The van der Waals surface area contributed by atoms with Crippen LogP contribution in [0, 0.1) is 6.92 Å². The lowest BCUT2D eigenvalue weighted by molar-refractivity contribution is -0.137. The highest BCUT2D eigenvalue weighted by Crippen LogP contribution is 1.96. The number of aromatic nitrogens is 2. The van der Waals surface area contributed by atoms with Gasteiger partial charge in [-0.1, -0.05) is 20.3 Å². The van der Waals surface area contributed by atoms with E-state index in [1.54, 1.807) is 12.4 Å². The standard InChI is InChI=1S/C7H10N2O2.C3H8/c1-6-8-3-5-9(6)4-2-7(10)11;1-3-2/h3,5H,2,4H2,1H3,(H,10,11);3H2,1-2H3. The first-order chi connectivity index (χ1) is 6.61. The molecule has 1 N–H and O–H groups in total. The third-order valence-electron chi connectivity index (χ3n) is 1.49. The number of aryl methyl sites for hydroxylation is 2. The number of aliphatic carboxylic acids is 1. The van der Waals surface area contributed by atoms with Crippen LogP contribution >= 0.6 is 0 Å². The minimum atomic E-state index is -0.780. The number of carbonyl (C=O) groups is 1. The zero-order valence-corrected chi connectivity index (χ0v) is 9.03. The molecule has 0 unspecified atom stereocenters. The molecule has 0 amide bonds. The van der Waals surface area contributed by atoms with Gasteiger partial charge in [-0.3, -0.25) is 4.79 Å². The van der Waals surface area contributed by atoms with E-state index in [-0.39, 0.29) is 6.42 Å². The van der Waals surface area contributed by atoms with Crippen molar-refractivity contribution in [3.8, 4) is 0 Å². The van der Waals surface area contributed by atoms with Crippen molar-refractivity contribution in [2.45, 2.75) is 40.2 Å². The predicted molar refractivity (Wildman–Crippen MR) is 55.2 cm³/mol. The summed E-state index contributed by atoms with van der Waals surface area (Å²) in [5, 5.41) is 8.37. The van der Waals surface area contributed by atoms with Crippen LogP contribution in [0.1, 0.15) is 32.5 Å². The van der Waals surface area contributed by atoms with E-state index in [1.165, 1.54) is 6.42 Å². The topological polar surface area (TPSA) is 55.1 Å². The molecule has 0 aliphatic heterocycles. The van der Waals surface area contributed by atoms with E-state index in [1.807, 2.05) is 11.5 Å². The quantitative estimate of drug-likeness (QED) is 0.809. The van der Waals surface area contributed by atoms with E-state index in [0.29, 0.717) is 6.54 Å². The minimum absolute atomic E-state index is 0.150. The van der Waals surface area contributed by atoms with Gasteiger partial charge in [0.1, 0.15) is 5.82 Å². The number of imidazole rings is 1. The summed E-state index contributed by atoms with van der Waals surface area (Å²) in [7, 11) is 0. The summed E-state index contributed by atoms with van der Waals surface area (Å²) >= 11 is 0. The van der Waals surface area contributed by atoms with Gasteiger partial charge in [-0.15, -0.1) is 0 Å². The maximum Gasteiger partial charge on any atom is 0.305 e. The molecule has 0 aliphatic carbocycles. The van der Waals surface area contributed by atoms with Gasteiger partial charge in [-0.2, -0.15) is 0 Å². The Balaban J connectivity index is 0.000000500. The first kappa shape index (κ1) is 12.7. The van der Waals surface area contributed by atoms with Gasteiger partial charge < -0.3 is 9.67 Å². The molecule has 80 valence electrons. The fraction of sp³-hybridized carbons (Fsp3) is 0.600. The molecule has 0 saturated heterocycles. The van der Waals surface area contributed by atoms with Gasteiger partial charge in [0.25, 0.3) is 0 Å². The number of hydrogen-bond donors (Lipinski definition) is 1. The van der Waals surface area contributed by atoms with Crippen molar-refractivity contribution < 1.29 is 9.90 Å². The van der Waals surface area contributed by atoms with Crippen molar-refractivity contribution >= 4 is 5.97 Å². The summed E-state index contributed by atoms with van der Waals surface area (Å²) in [5.74, 6) is 0.0735. The minimum Gasteiger partial charge on any atom is -0.481 e. The van der Waals surface area contributed by atoms with Crippen LogP contribution in [0.3, 0.4) is 0 Å². The Morgan fingerprint density at radius 1 is 1.57 bits per heavy atom. The summed E-state index contributed by atoms with van der Waals surface area (Å²) < 4.78 is 1.81. The Bertz CT molecular complexity index is 269. The zero-order valence-electron chi connectivity index (χ0n) is 9.03. The van der Waals surface area contributed by atoms with Crippen LogP contribution < -0.4 is 0 Å². The van der Waals surface area contributed by atoms with E-state index in [0.717, 1.165) is 5.82 Å². The van der Waals surface area contributed by atoms with Gasteiger partial charge >= 0.3 is 5.97 Å². The number of nitrogens with zero attached hydrogens (tertiary/aromatic N) is 2. The third-order valence-corrected chi connectivity index (χ3v) is 1.49. The van der Waals surface area contributed by atoms with E-state index < -0.39 is 5.97 Å². The second-order valence-corrected chi connectivity index (χ2v) is 3.02. The van der Waals surface area contributed by atoms with Crippen LogP contribution in [0.15, 0.2) is 12.4 Å². The molecule has 0 fully saturated rings. The lowest BCUT2D eigenvalue weighted by Gasteiger charge is -2.00. The molecule has 0 aromatic carbocycles. The summed E-state index contributed by atoms with van der Waals surface area (Å²) in [6, 6.07) is 0. The van der Waals surface area contributed by atoms with Crippen molar-refractivity contribution in [3.05, 3.63) is 18.2 Å². The monoisotopic (exact) mass is 198 g/mol. The smallest absolute Gasteiger partial charge is 0.305 e. The molecule has 0 bridgehead atoms. The number of carboxylic acids is 1. The van der Waals surface area contributed by atoms with Gasteiger partial charge in [-0.05, 0) is 6.92 Å². The molecule has 4 heteroatoms. The second-order valence-electron chi connectivity index (χ2n) is 3.02. The normalized spacial score (nSPS) is 9.07. The highest BCUT2D eigenvalue weighted by Gasteiger charge is 1.99. The fourth-order valence-electron chi connectivity index (χ4n) is 0.856. The molecular weight excluding hydrogens is 180 g/mol. The molecule has 0 atom stereocenters. The van der Waals surface area contributed by atoms with Crippen molar-refractivity contribution in [1.82, 2.24) is 9.55 Å². The van der Waals surface area contributed by atoms with Gasteiger partial charge in [0.15, 0.2) is 0 Å². The highest BCUT2D eigenvalue weighted by molar-refractivity contribution is 5.66. The fourth-order valence-corrected chi connectivity index (χ4v) is 0.856. The Kier molecular flexibility index (Phi) is 6.45. The zero-order chi connectivity index (χ0) is 11.0. The molecule has 4 nitrogen and oxygen atoms in total. The largest absolute Gasteiger partial charge is 0.481 e. The van der Waals surface area contributed by atoms with Gasteiger partial charge in [0, 0.05) is 18.9 Å². The van der Waals surface area contributed by atoms with Crippen LogP contribution in [0.2, 0.25) is 0 Å². The second kappa shape index (κ2) is 7.12. The molecule has 14 heavy (non-hydrogen) atoms. The Morgan fingerprint density at radius 3 is 2.50 bits per heavy atom. The summed E-state index contributed by atoms with van der Waals surface area (Å²) in [6.07, 6.45) is 4.84. The third kappa shape index (κ3) is 5.35. The number of hydrogen-bond acceptors (Lipinski definition) is 2. The Labute approximate surface area is 84.6 Å². The lowest BCUT2D eigenvalue weighted by atomic mass is 10.4. The van der Waals surface area contributed by atoms with Crippen molar-refractivity contribution in [1.29, 1.82) is 0 Å². The molecule has 0 saturated carbocycles. The maximum absolute atomic E-state index is 10.2. The average Bonchev–Trinajstić information content (AvgIpc) is 2.49. The van der Waals surface area contributed by atoms with Gasteiger partial charge in [0.2, 0.25) is 0 Å². The molecule has 0 radical (unpaired) electrons. The van der Waals surface area contributed by atoms with Crippen molar-refractivity contribution in [2.24, 2.45) is 0 Å². The highest BCUT2D eigenvalue weighted by atomic mass is 16.4. The average molecular weight is 198 g/mol. The maximum atomic E-state index is 10.2. The molecule has 1 rings (SSSR count). The van der Waals surface area contributed by atoms with Gasteiger partial charge in [-0.25, -0.2) is 4.98 Å². The molecule has 1 heterocycles. The number of carboxylic acid groups (broad SMARTS) is 1. The van der Waals surface area contributed by atoms with Crippen LogP contribution in [0.25, 0.3) is 0 Å². The van der Waals surface area contributed by atoms with Crippen LogP contribution in [0.4, 0.5) is 0 Å².